The molecule has 2 aromatic rings. The second-order valence-electron chi connectivity index (χ2n) is 3.93. The molecule has 2 nitrogen and oxygen atoms in total. The van der Waals surface area contributed by atoms with Gasteiger partial charge in [-0.05, 0) is 35.2 Å². The first-order chi connectivity index (χ1) is 8.69. The molecule has 2 rings (SSSR count). The highest BCUT2D eigenvalue weighted by atomic mass is 79.9. The lowest BCUT2D eigenvalue weighted by Gasteiger charge is -2.06. The molecule has 4 heteroatoms. The Morgan fingerprint density at radius 2 is 2.17 bits per heavy atom. The molecular formula is C14H13BrO2S. The lowest BCUT2D eigenvalue weighted by atomic mass is 10.1. The van der Waals surface area contributed by atoms with E-state index in [1.54, 1.807) is 18.4 Å². The van der Waals surface area contributed by atoms with Crippen LogP contribution in [0, 0.1) is 0 Å². The number of Topliss-reactive ketones (excluding diaryl/α,β-unsaturated/α-hetero) is 1. The molecule has 0 bridgehead atoms. The Morgan fingerprint density at radius 3 is 2.83 bits per heavy atom. The minimum absolute atomic E-state index is 0.214. The third kappa shape index (κ3) is 3.43. The van der Waals surface area contributed by atoms with Gasteiger partial charge in [-0.25, -0.2) is 0 Å². The second-order valence-corrected chi connectivity index (χ2v) is 5.82. The Balaban J connectivity index is 2.06. The highest BCUT2D eigenvalue weighted by Crippen LogP contribution is 2.23. The Kier molecular flexibility index (Phi) is 4.55. The predicted octanol–water partition coefficient (Wildman–Crippen LogP) is 3.87. The first-order valence-corrected chi connectivity index (χ1v) is 7.23. The molecule has 1 heterocycles. The van der Waals surface area contributed by atoms with Crippen LogP contribution in [0.5, 0.6) is 5.75 Å². The summed E-state index contributed by atoms with van der Waals surface area (Å²) in [6, 6.07) is 9.64. The van der Waals surface area contributed by atoms with Crippen LogP contribution in [0.2, 0.25) is 0 Å². The fraction of sp³-hybridized carbons (Fsp3) is 0.214. The zero-order valence-corrected chi connectivity index (χ0v) is 12.4. The highest BCUT2D eigenvalue weighted by Gasteiger charge is 2.09. The van der Waals surface area contributed by atoms with Crippen molar-refractivity contribution in [3.63, 3.8) is 0 Å². The summed E-state index contributed by atoms with van der Waals surface area (Å²) in [5.74, 6) is 0.989. The van der Waals surface area contributed by atoms with Gasteiger partial charge >= 0.3 is 0 Å². The Hall–Kier alpha value is -1.13. The molecular weight excluding hydrogens is 312 g/mol. The molecule has 0 saturated carbocycles. The van der Waals surface area contributed by atoms with E-state index in [1.165, 1.54) is 0 Å². The van der Waals surface area contributed by atoms with E-state index in [4.69, 9.17) is 4.74 Å². The van der Waals surface area contributed by atoms with Gasteiger partial charge in [-0.15, -0.1) is 11.3 Å². The molecule has 0 unspecified atom stereocenters. The first-order valence-electron chi connectivity index (χ1n) is 5.55. The van der Waals surface area contributed by atoms with E-state index in [2.05, 4.69) is 15.9 Å². The fourth-order valence-electron chi connectivity index (χ4n) is 1.70. The number of carbonyl (C=O) groups is 1. The van der Waals surface area contributed by atoms with E-state index < -0.39 is 0 Å². The molecule has 0 aliphatic heterocycles. The van der Waals surface area contributed by atoms with Gasteiger partial charge in [0.1, 0.15) is 11.5 Å². The molecule has 0 fully saturated rings. The molecule has 0 aliphatic rings. The average Bonchev–Trinajstić information content (AvgIpc) is 2.84. The van der Waals surface area contributed by atoms with Crippen molar-refractivity contribution in [3.8, 4) is 5.75 Å². The number of ether oxygens (including phenoxy) is 1. The van der Waals surface area contributed by atoms with Crippen LogP contribution in [-0.4, -0.2) is 12.9 Å². The lowest BCUT2D eigenvalue weighted by Crippen LogP contribution is -2.06. The third-order valence-electron chi connectivity index (χ3n) is 2.59. The number of ketones is 1. The number of benzene rings is 1. The van der Waals surface area contributed by atoms with Crippen molar-refractivity contribution in [2.75, 3.05) is 7.11 Å². The van der Waals surface area contributed by atoms with E-state index in [-0.39, 0.29) is 5.78 Å². The largest absolute Gasteiger partial charge is 0.497 e. The third-order valence-corrected chi connectivity index (χ3v) is 4.24. The summed E-state index contributed by atoms with van der Waals surface area (Å²) >= 11 is 5.08. The summed E-state index contributed by atoms with van der Waals surface area (Å²) in [7, 11) is 1.63. The molecule has 0 radical (unpaired) electrons. The molecule has 18 heavy (non-hydrogen) atoms. The molecule has 0 spiro atoms. The number of rotatable bonds is 5. The topological polar surface area (TPSA) is 26.3 Å². The minimum atomic E-state index is 0.214. The van der Waals surface area contributed by atoms with Crippen LogP contribution in [0.15, 0.2) is 40.2 Å². The van der Waals surface area contributed by atoms with Gasteiger partial charge in [0.2, 0.25) is 0 Å². The van der Waals surface area contributed by atoms with Crippen molar-refractivity contribution in [1.29, 1.82) is 0 Å². The second kappa shape index (κ2) is 6.16. The number of methoxy groups -OCH3 is 1. The lowest BCUT2D eigenvalue weighted by molar-refractivity contribution is -0.117. The standard InChI is InChI=1S/C14H13BrO2S/c1-17-12-4-5-14(15)10(8-12)7-11(16)9-13-3-2-6-18-13/h2-6,8H,7,9H2,1H3. The van der Waals surface area contributed by atoms with Gasteiger partial charge in [0.05, 0.1) is 7.11 Å². The Morgan fingerprint density at radius 1 is 1.33 bits per heavy atom. The van der Waals surface area contributed by atoms with Crippen LogP contribution in [-0.2, 0) is 17.6 Å². The molecule has 0 amide bonds. The van der Waals surface area contributed by atoms with Crippen molar-refractivity contribution in [3.05, 3.63) is 50.6 Å². The zero-order chi connectivity index (χ0) is 13.0. The van der Waals surface area contributed by atoms with Gasteiger partial charge in [0.25, 0.3) is 0 Å². The highest BCUT2D eigenvalue weighted by molar-refractivity contribution is 9.10. The van der Waals surface area contributed by atoms with Gasteiger partial charge in [-0.2, -0.15) is 0 Å². The smallest absolute Gasteiger partial charge is 0.142 e. The van der Waals surface area contributed by atoms with E-state index in [9.17, 15) is 4.79 Å². The van der Waals surface area contributed by atoms with Gasteiger partial charge in [-0.1, -0.05) is 22.0 Å². The maximum absolute atomic E-state index is 12.0. The predicted molar refractivity (Wildman–Crippen MR) is 77.4 cm³/mol. The summed E-state index contributed by atoms with van der Waals surface area (Å²) in [5.41, 5.74) is 0.968. The summed E-state index contributed by atoms with van der Waals surface area (Å²) in [6.07, 6.45) is 0.928. The number of hydrogen-bond donors (Lipinski definition) is 0. The summed E-state index contributed by atoms with van der Waals surface area (Å²) in [6.45, 7) is 0. The molecule has 1 aromatic carbocycles. The fourth-order valence-corrected chi connectivity index (χ4v) is 2.82. The molecule has 0 atom stereocenters. The van der Waals surface area contributed by atoms with Crippen LogP contribution in [0.25, 0.3) is 0 Å². The van der Waals surface area contributed by atoms with Crippen LogP contribution in [0.3, 0.4) is 0 Å². The van der Waals surface area contributed by atoms with Crippen molar-refractivity contribution >= 4 is 33.0 Å². The van der Waals surface area contributed by atoms with Gasteiger partial charge < -0.3 is 4.74 Å². The van der Waals surface area contributed by atoms with E-state index in [0.29, 0.717) is 12.8 Å². The quantitative estimate of drug-likeness (QED) is 0.834. The molecule has 0 aliphatic carbocycles. The number of halogens is 1. The molecule has 94 valence electrons. The Labute approximate surface area is 119 Å². The van der Waals surface area contributed by atoms with Crippen molar-refractivity contribution in [1.82, 2.24) is 0 Å². The maximum atomic E-state index is 12.0. The number of hydrogen-bond acceptors (Lipinski definition) is 3. The summed E-state index contributed by atoms with van der Waals surface area (Å²) < 4.78 is 6.11. The van der Waals surface area contributed by atoms with E-state index in [0.717, 1.165) is 20.7 Å². The van der Waals surface area contributed by atoms with Crippen molar-refractivity contribution < 1.29 is 9.53 Å². The van der Waals surface area contributed by atoms with E-state index in [1.807, 2.05) is 35.7 Å². The summed E-state index contributed by atoms with van der Waals surface area (Å²) in [5, 5.41) is 1.99. The van der Waals surface area contributed by atoms with Crippen LogP contribution < -0.4 is 4.74 Å². The van der Waals surface area contributed by atoms with Crippen molar-refractivity contribution in [2.24, 2.45) is 0 Å². The maximum Gasteiger partial charge on any atom is 0.142 e. The monoisotopic (exact) mass is 324 g/mol. The van der Waals surface area contributed by atoms with E-state index >= 15 is 0 Å². The minimum Gasteiger partial charge on any atom is -0.497 e. The van der Waals surface area contributed by atoms with Crippen molar-refractivity contribution in [2.45, 2.75) is 12.8 Å². The number of carbonyl (C=O) groups excluding carboxylic acids is 1. The van der Waals surface area contributed by atoms with Gasteiger partial charge in [0, 0.05) is 22.2 Å². The first kappa shape index (κ1) is 13.3. The van der Waals surface area contributed by atoms with Gasteiger partial charge in [0.15, 0.2) is 0 Å². The molecule has 1 aromatic heterocycles. The van der Waals surface area contributed by atoms with Crippen LogP contribution in [0.1, 0.15) is 10.4 Å². The summed E-state index contributed by atoms with van der Waals surface area (Å²) in [4.78, 5) is 13.1. The average molecular weight is 325 g/mol. The SMILES string of the molecule is COc1ccc(Br)c(CC(=O)Cc2cccs2)c1. The Bertz CT molecular complexity index is 535. The van der Waals surface area contributed by atoms with Crippen LogP contribution in [0.4, 0.5) is 0 Å². The zero-order valence-electron chi connectivity index (χ0n) is 9.98. The molecule has 0 N–H and O–H groups in total. The normalized spacial score (nSPS) is 10.3. The number of thiophene rings is 1. The van der Waals surface area contributed by atoms with Gasteiger partial charge in [-0.3, -0.25) is 4.79 Å². The molecule has 0 saturated heterocycles. The van der Waals surface area contributed by atoms with Crippen LogP contribution >= 0.6 is 27.3 Å².